The number of hydrogen-bond donors (Lipinski definition) is 2. The Morgan fingerprint density at radius 2 is 2.04 bits per heavy atom. The van der Waals surface area contributed by atoms with Crippen LogP contribution in [-0.2, 0) is 16.5 Å². The highest BCUT2D eigenvalue weighted by atomic mass is 19.4. The van der Waals surface area contributed by atoms with Crippen LogP contribution in [0.4, 0.5) is 13.2 Å². The second kappa shape index (κ2) is 5.20. The summed E-state index contributed by atoms with van der Waals surface area (Å²) in [5.41, 5.74) is -1.63. The smallest absolute Gasteiger partial charge is 0.344 e. The topological polar surface area (TPSA) is 58.4 Å². The molecule has 2 aromatic rings. The van der Waals surface area contributed by atoms with E-state index in [1.54, 1.807) is 13.8 Å². The second-order valence-electron chi connectivity index (χ2n) is 7.38. The first-order valence-corrected chi connectivity index (χ1v) is 8.26. The van der Waals surface area contributed by atoms with Gasteiger partial charge in [-0.25, -0.2) is 4.98 Å². The lowest BCUT2D eigenvalue weighted by molar-refractivity contribution is -0.136. The summed E-state index contributed by atoms with van der Waals surface area (Å²) < 4.78 is 40.9. The highest BCUT2D eigenvalue weighted by Crippen LogP contribution is 2.49. The van der Waals surface area contributed by atoms with Gasteiger partial charge in [-0.15, -0.1) is 0 Å². The summed E-state index contributed by atoms with van der Waals surface area (Å²) in [6.45, 7) is 5.22. The average Bonchev–Trinajstić information content (AvgIpc) is 2.89. The van der Waals surface area contributed by atoms with Gasteiger partial charge in [0.1, 0.15) is 5.82 Å². The third kappa shape index (κ3) is 2.59. The Morgan fingerprint density at radius 1 is 1.36 bits per heavy atom. The molecule has 1 amide bonds. The maximum absolute atomic E-state index is 13.2. The summed E-state index contributed by atoms with van der Waals surface area (Å²) in [6, 6.07) is 2.38. The van der Waals surface area contributed by atoms with Gasteiger partial charge in [-0.05, 0) is 50.9 Å². The van der Waals surface area contributed by atoms with Crippen molar-refractivity contribution in [1.29, 1.82) is 0 Å². The number of halogens is 3. The number of aromatic nitrogens is 2. The first-order valence-electron chi connectivity index (χ1n) is 8.26. The standard InChI is InChI=1S/C17H19F3N4O.2H2/c1-16(2,23-14(25)13-9-6-21-7-10(9)13)15-22-8-12-11(17(18,19)20)4-3-5-24(12)15;;/h3-5,8-10,13,21H,6-7H2,1-2H3,(H,23,25);2*1H/t9-,10+,13?;;. The van der Waals surface area contributed by atoms with E-state index in [4.69, 9.17) is 0 Å². The molecule has 0 radical (unpaired) electrons. The number of carbonyl (C=O) groups excluding carboxylic acids is 1. The normalized spacial score (nSPS) is 25.9. The molecule has 2 aromatic heterocycles. The van der Waals surface area contributed by atoms with Crippen LogP contribution >= 0.6 is 0 Å². The maximum atomic E-state index is 13.2. The number of rotatable bonds is 3. The van der Waals surface area contributed by atoms with Gasteiger partial charge in [0.05, 0.1) is 22.8 Å². The van der Waals surface area contributed by atoms with Crippen molar-refractivity contribution in [2.75, 3.05) is 13.1 Å². The highest BCUT2D eigenvalue weighted by Gasteiger charge is 2.57. The van der Waals surface area contributed by atoms with Crippen LogP contribution in [0.2, 0.25) is 0 Å². The van der Waals surface area contributed by atoms with E-state index in [-0.39, 0.29) is 20.2 Å². The van der Waals surface area contributed by atoms with Crippen molar-refractivity contribution in [1.82, 2.24) is 20.0 Å². The Balaban J connectivity index is 0.00000131. The van der Waals surface area contributed by atoms with Gasteiger partial charge >= 0.3 is 6.18 Å². The molecule has 25 heavy (non-hydrogen) atoms. The molecule has 8 heteroatoms. The van der Waals surface area contributed by atoms with Gasteiger partial charge in [0, 0.05) is 15.0 Å². The third-order valence-electron chi connectivity index (χ3n) is 5.27. The van der Waals surface area contributed by atoms with Crippen LogP contribution in [0.25, 0.3) is 5.52 Å². The van der Waals surface area contributed by atoms with E-state index < -0.39 is 17.3 Å². The summed E-state index contributed by atoms with van der Waals surface area (Å²) in [5.74, 6) is 1.09. The van der Waals surface area contributed by atoms with Crippen LogP contribution in [-0.4, -0.2) is 28.4 Å². The Bertz CT molecular complexity index is 842. The van der Waals surface area contributed by atoms with E-state index in [9.17, 15) is 18.0 Å². The minimum atomic E-state index is -4.45. The van der Waals surface area contributed by atoms with Crippen molar-refractivity contribution in [3.05, 3.63) is 35.9 Å². The fourth-order valence-corrected chi connectivity index (χ4v) is 3.98. The fourth-order valence-electron chi connectivity index (χ4n) is 3.98. The molecule has 4 rings (SSSR count). The minimum Gasteiger partial charge on any atom is -0.344 e. The average molecular weight is 356 g/mol. The molecule has 1 aliphatic heterocycles. The number of piperidine rings is 1. The van der Waals surface area contributed by atoms with Gasteiger partial charge in [0.15, 0.2) is 0 Å². The Labute approximate surface area is 145 Å². The van der Waals surface area contributed by atoms with Gasteiger partial charge in [-0.1, -0.05) is 0 Å². The lowest BCUT2D eigenvalue weighted by Crippen LogP contribution is -2.44. The van der Waals surface area contributed by atoms with Crippen LogP contribution in [0.5, 0.6) is 0 Å². The van der Waals surface area contributed by atoms with Crippen molar-refractivity contribution >= 4 is 11.4 Å². The van der Waals surface area contributed by atoms with Crippen molar-refractivity contribution < 1.29 is 20.8 Å². The zero-order valence-electron chi connectivity index (χ0n) is 13.9. The summed E-state index contributed by atoms with van der Waals surface area (Å²) in [7, 11) is 0. The summed E-state index contributed by atoms with van der Waals surface area (Å²) >= 11 is 0. The number of alkyl halides is 3. The van der Waals surface area contributed by atoms with E-state index in [0.717, 1.165) is 19.2 Å². The summed E-state index contributed by atoms with van der Waals surface area (Å²) in [4.78, 5) is 16.7. The largest absolute Gasteiger partial charge is 0.418 e. The lowest BCUT2D eigenvalue weighted by atomic mass is 10.0. The number of fused-ring (bicyclic) bond motifs is 2. The molecule has 0 aromatic carbocycles. The zero-order chi connectivity index (χ0) is 18.0. The number of imidazole rings is 1. The molecular formula is C17H23F3N4O. The van der Waals surface area contributed by atoms with E-state index in [2.05, 4.69) is 15.6 Å². The van der Waals surface area contributed by atoms with Crippen LogP contribution in [0, 0.1) is 17.8 Å². The number of carbonyl (C=O) groups is 1. The molecule has 1 unspecified atom stereocenters. The highest BCUT2D eigenvalue weighted by molar-refractivity contribution is 5.83. The predicted octanol–water partition coefficient (Wildman–Crippen LogP) is 2.66. The summed E-state index contributed by atoms with van der Waals surface area (Å²) in [6.07, 6.45) is -1.70. The molecule has 0 bridgehead atoms. The van der Waals surface area contributed by atoms with Gasteiger partial charge in [0.25, 0.3) is 0 Å². The fraction of sp³-hybridized carbons (Fsp3) is 0.529. The molecule has 3 heterocycles. The number of amides is 1. The van der Waals surface area contributed by atoms with E-state index in [1.165, 1.54) is 22.9 Å². The minimum absolute atomic E-state index is 0. The van der Waals surface area contributed by atoms with Crippen molar-refractivity contribution in [2.45, 2.75) is 25.6 Å². The van der Waals surface area contributed by atoms with Crippen LogP contribution in [0.15, 0.2) is 24.5 Å². The molecule has 2 N–H and O–H groups in total. The molecule has 1 saturated heterocycles. The van der Waals surface area contributed by atoms with Crippen LogP contribution in [0.1, 0.15) is 28.1 Å². The number of nitrogens with one attached hydrogen (secondary N) is 2. The molecular weight excluding hydrogens is 333 g/mol. The van der Waals surface area contributed by atoms with Gasteiger partial charge < -0.3 is 15.0 Å². The molecule has 0 spiro atoms. The van der Waals surface area contributed by atoms with E-state index in [0.29, 0.717) is 17.7 Å². The van der Waals surface area contributed by atoms with Crippen LogP contribution in [0.3, 0.4) is 0 Å². The predicted molar refractivity (Wildman–Crippen MR) is 88.9 cm³/mol. The molecule has 5 nitrogen and oxygen atoms in total. The lowest BCUT2D eigenvalue weighted by Gasteiger charge is -2.26. The Morgan fingerprint density at radius 3 is 2.68 bits per heavy atom. The Hall–Kier alpha value is -2.09. The van der Waals surface area contributed by atoms with E-state index in [1.807, 2.05) is 0 Å². The zero-order valence-corrected chi connectivity index (χ0v) is 13.9. The second-order valence-corrected chi connectivity index (χ2v) is 7.38. The number of hydrogen-bond acceptors (Lipinski definition) is 3. The number of nitrogens with zero attached hydrogens (tertiary/aromatic N) is 2. The Kier molecular flexibility index (Phi) is 3.41. The number of pyridine rings is 1. The van der Waals surface area contributed by atoms with Gasteiger partial charge in [-0.3, -0.25) is 4.79 Å². The van der Waals surface area contributed by atoms with Gasteiger partial charge in [0.2, 0.25) is 5.91 Å². The van der Waals surface area contributed by atoms with Crippen molar-refractivity contribution in [3.63, 3.8) is 0 Å². The first kappa shape index (κ1) is 16.4. The maximum Gasteiger partial charge on any atom is 0.418 e. The van der Waals surface area contributed by atoms with Crippen molar-refractivity contribution in [3.8, 4) is 0 Å². The molecule has 2 aliphatic rings. The summed E-state index contributed by atoms with van der Waals surface area (Å²) in [5, 5.41) is 6.21. The monoisotopic (exact) mass is 356 g/mol. The molecule has 1 aliphatic carbocycles. The quantitative estimate of drug-likeness (QED) is 0.889. The van der Waals surface area contributed by atoms with E-state index >= 15 is 0 Å². The van der Waals surface area contributed by atoms with Crippen LogP contribution < -0.4 is 10.6 Å². The molecule has 1 saturated carbocycles. The first-order chi connectivity index (χ1) is 11.7. The third-order valence-corrected chi connectivity index (χ3v) is 5.27. The molecule has 138 valence electrons. The molecule has 3 atom stereocenters. The molecule has 2 fully saturated rings. The van der Waals surface area contributed by atoms with Gasteiger partial charge in [-0.2, -0.15) is 13.2 Å². The SMILES string of the molecule is CC(C)(NC(=O)C1[C@H]2CNC[C@@H]12)c1ncc2c(C(F)(F)F)cccn12.[HH].[HH]. The van der Waals surface area contributed by atoms with Crippen molar-refractivity contribution in [2.24, 2.45) is 17.8 Å².